The third-order valence-corrected chi connectivity index (χ3v) is 4.30. The summed E-state index contributed by atoms with van der Waals surface area (Å²) in [4.78, 5) is 16.8. The number of nitrogens with zero attached hydrogens (tertiary/aromatic N) is 1. The number of benzene rings is 2. The van der Waals surface area contributed by atoms with Crippen molar-refractivity contribution in [1.29, 1.82) is 0 Å². The molecule has 0 unspecified atom stereocenters. The molecule has 1 aliphatic rings. The van der Waals surface area contributed by atoms with E-state index in [0.29, 0.717) is 12.2 Å². The minimum Gasteiger partial charge on any atom is -0.489 e. The number of methoxy groups -OCH3 is 1. The van der Waals surface area contributed by atoms with Crippen LogP contribution < -0.4 is 4.74 Å². The molecular formula is C20H21NO4. The lowest BCUT2D eigenvalue weighted by Crippen LogP contribution is -2.19. The fourth-order valence-electron chi connectivity index (χ4n) is 3.06. The molecule has 0 N–H and O–H groups in total. The summed E-state index contributed by atoms with van der Waals surface area (Å²) in [6.07, 6.45) is 3.46. The number of oxime groups is 1. The van der Waals surface area contributed by atoms with Crippen LogP contribution in [0.25, 0.3) is 0 Å². The van der Waals surface area contributed by atoms with Gasteiger partial charge >= 0.3 is 5.97 Å². The highest BCUT2D eigenvalue weighted by Gasteiger charge is 2.19. The molecular weight excluding hydrogens is 318 g/mol. The molecule has 0 fully saturated rings. The van der Waals surface area contributed by atoms with Crippen LogP contribution in [0.3, 0.4) is 0 Å². The fourth-order valence-corrected chi connectivity index (χ4v) is 3.06. The molecule has 5 nitrogen and oxygen atoms in total. The average Bonchev–Trinajstić information content (AvgIpc) is 3.12. The Bertz CT molecular complexity index is 798. The van der Waals surface area contributed by atoms with Crippen molar-refractivity contribution in [1.82, 2.24) is 0 Å². The van der Waals surface area contributed by atoms with E-state index in [1.165, 1.54) is 31.8 Å². The number of aryl methyl sites for hydroxylation is 2. The summed E-state index contributed by atoms with van der Waals surface area (Å²) in [7, 11) is 2.71. The van der Waals surface area contributed by atoms with Gasteiger partial charge in [-0.1, -0.05) is 35.5 Å². The minimum atomic E-state index is -0.549. The first-order valence-electron chi connectivity index (χ1n) is 8.25. The van der Waals surface area contributed by atoms with Crippen molar-refractivity contribution in [3.8, 4) is 5.75 Å². The van der Waals surface area contributed by atoms with Crippen molar-refractivity contribution < 1.29 is 19.1 Å². The highest BCUT2D eigenvalue weighted by atomic mass is 16.6. The van der Waals surface area contributed by atoms with Gasteiger partial charge in [-0.3, -0.25) is 0 Å². The maximum Gasteiger partial charge on any atom is 0.360 e. The lowest BCUT2D eigenvalue weighted by molar-refractivity contribution is -0.132. The second kappa shape index (κ2) is 7.83. The van der Waals surface area contributed by atoms with Crippen LogP contribution in [0.1, 0.15) is 28.7 Å². The molecule has 130 valence electrons. The first-order chi connectivity index (χ1) is 12.2. The zero-order valence-electron chi connectivity index (χ0n) is 14.5. The minimum absolute atomic E-state index is 0.123. The first-order valence-corrected chi connectivity index (χ1v) is 8.25. The number of fused-ring (bicyclic) bond motifs is 1. The summed E-state index contributed by atoms with van der Waals surface area (Å²) < 4.78 is 10.7. The van der Waals surface area contributed by atoms with Crippen LogP contribution in [0, 0.1) is 0 Å². The molecule has 3 rings (SSSR count). The van der Waals surface area contributed by atoms with Crippen LogP contribution >= 0.6 is 0 Å². The third-order valence-electron chi connectivity index (χ3n) is 4.30. The van der Waals surface area contributed by atoms with Crippen molar-refractivity contribution in [2.45, 2.75) is 25.9 Å². The van der Waals surface area contributed by atoms with Gasteiger partial charge in [0.15, 0.2) is 5.71 Å². The molecule has 0 spiro atoms. The van der Waals surface area contributed by atoms with Crippen LogP contribution in [-0.2, 0) is 33.8 Å². The van der Waals surface area contributed by atoms with E-state index in [1.54, 1.807) is 6.07 Å². The van der Waals surface area contributed by atoms with Gasteiger partial charge in [0.05, 0.1) is 7.11 Å². The molecule has 0 atom stereocenters. The maximum atomic E-state index is 12.0. The van der Waals surface area contributed by atoms with Gasteiger partial charge in [-0.25, -0.2) is 4.79 Å². The van der Waals surface area contributed by atoms with E-state index in [2.05, 4.69) is 17.3 Å². The molecule has 0 bridgehead atoms. The van der Waals surface area contributed by atoms with E-state index in [-0.39, 0.29) is 5.71 Å². The molecule has 5 heteroatoms. The Hall–Kier alpha value is -2.82. The second-order valence-electron chi connectivity index (χ2n) is 5.84. The van der Waals surface area contributed by atoms with E-state index in [1.807, 2.05) is 24.3 Å². The topological polar surface area (TPSA) is 57.1 Å². The third kappa shape index (κ3) is 3.82. The van der Waals surface area contributed by atoms with Gasteiger partial charge in [0.1, 0.15) is 19.5 Å². The Balaban J connectivity index is 1.81. The standard InChI is InChI=1S/C20H21NO4/c1-23-20(22)19(21-24-2)18-9-4-3-6-16(18)13-25-17-11-10-14-7-5-8-15(14)12-17/h3-4,6,9-12H,5,7-8,13H2,1-2H3/b21-19+. The SMILES string of the molecule is CO/N=C(/C(=O)OC)c1ccccc1COc1ccc2c(c1)CCC2. The summed E-state index contributed by atoms with van der Waals surface area (Å²) in [6, 6.07) is 13.7. The maximum absolute atomic E-state index is 12.0. The number of ether oxygens (including phenoxy) is 2. The number of carbonyl (C=O) groups is 1. The Kier molecular flexibility index (Phi) is 5.33. The Morgan fingerprint density at radius 2 is 1.88 bits per heavy atom. The van der Waals surface area contributed by atoms with E-state index >= 15 is 0 Å². The smallest absolute Gasteiger partial charge is 0.360 e. The van der Waals surface area contributed by atoms with Crippen molar-refractivity contribution in [3.63, 3.8) is 0 Å². The van der Waals surface area contributed by atoms with Crippen LogP contribution in [0.5, 0.6) is 5.75 Å². The van der Waals surface area contributed by atoms with Crippen LogP contribution in [0.15, 0.2) is 47.6 Å². The number of carbonyl (C=O) groups excluding carboxylic acids is 1. The van der Waals surface area contributed by atoms with Gasteiger partial charge in [0, 0.05) is 5.56 Å². The highest BCUT2D eigenvalue weighted by molar-refractivity contribution is 6.43. The van der Waals surface area contributed by atoms with E-state index < -0.39 is 5.97 Å². The van der Waals surface area contributed by atoms with Crippen molar-refractivity contribution in [2.24, 2.45) is 5.16 Å². The van der Waals surface area contributed by atoms with Crippen LogP contribution in [-0.4, -0.2) is 25.9 Å². The normalized spacial score (nSPS) is 13.3. The first kappa shape index (κ1) is 17.0. The molecule has 0 heterocycles. The van der Waals surface area contributed by atoms with Crippen molar-refractivity contribution in [3.05, 3.63) is 64.7 Å². The van der Waals surface area contributed by atoms with Crippen LogP contribution in [0.4, 0.5) is 0 Å². The highest BCUT2D eigenvalue weighted by Crippen LogP contribution is 2.26. The lowest BCUT2D eigenvalue weighted by Gasteiger charge is -2.12. The van der Waals surface area contributed by atoms with Gasteiger partial charge in [0.25, 0.3) is 0 Å². The van der Waals surface area contributed by atoms with E-state index in [4.69, 9.17) is 14.3 Å². The molecule has 0 aliphatic heterocycles. The molecule has 2 aromatic carbocycles. The summed E-state index contributed by atoms with van der Waals surface area (Å²) in [5.41, 5.74) is 4.37. The van der Waals surface area contributed by atoms with Gasteiger partial charge in [-0.05, 0) is 48.1 Å². The van der Waals surface area contributed by atoms with Gasteiger partial charge in [-0.15, -0.1) is 0 Å². The number of rotatable bonds is 6. The van der Waals surface area contributed by atoms with Gasteiger partial charge < -0.3 is 14.3 Å². The average molecular weight is 339 g/mol. The zero-order chi connectivity index (χ0) is 17.6. The van der Waals surface area contributed by atoms with Gasteiger partial charge in [-0.2, -0.15) is 0 Å². The molecule has 0 radical (unpaired) electrons. The largest absolute Gasteiger partial charge is 0.489 e. The molecule has 2 aromatic rings. The summed E-state index contributed by atoms with van der Waals surface area (Å²) in [6.45, 7) is 0.328. The monoisotopic (exact) mass is 339 g/mol. The molecule has 0 amide bonds. The molecule has 0 saturated carbocycles. The van der Waals surface area contributed by atoms with Crippen LogP contribution in [0.2, 0.25) is 0 Å². The molecule has 0 saturated heterocycles. The van der Waals surface area contributed by atoms with Gasteiger partial charge in [0.2, 0.25) is 0 Å². The fraction of sp³-hybridized carbons (Fsp3) is 0.300. The zero-order valence-corrected chi connectivity index (χ0v) is 14.5. The number of hydrogen-bond donors (Lipinski definition) is 0. The predicted molar refractivity (Wildman–Crippen MR) is 94.8 cm³/mol. The number of esters is 1. The summed E-state index contributed by atoms with van der Waals surface area (Å²) in [5.74, 6) is 0.283. The van der Waals surface area contributed by atoms with E-state index in [9.17, 15) is 4.79 Å². The quantitative estimate of drug-likeness (QED) is 0.460. The predicted octanol–water partition coefficient (Wildman–Crippen LogP) is 3.28. The Morgan fingerprint density at radius 3 is 2.68 bits per heavy atom. The van der Waals surface area contributed by atoms with Crippen molar-refractivity contribution in [2.75, 3.05) is 14.2 Å². The van der Waals surface area contributed by atoms with Crippen molar-refractivity contribution >= 4 is 11.7 Å². The lowest BCUT2D eigenvalue weighted by atomic mass is 10.0. The Morgan fingerprint density at radius 1 is 1.08 bits per heavy atom. The summed E-state index contributed by atoms with van der Waals surface area (Å²) in [5, 5.41) is 3.81. The van der Waals surface area contributed by atoms with E-state index in [0.717, 1.165) is 24.2 Å². The molecule has 0 aromatic heterocycles. The Labute approximate surface area is 147 Å². The molecule has 1 aliphatic carbocycles. The number of hydrogen-bond acceptors (Lipinski definition) is 5. The summed E-state index contributed by atoms with van der Waals surface area (Å²) >= 11 is 0. The molecule has 25 heavy (non-hydrogen) atoms. The second-order valence-corrected chi connectivity index (χ2v) is 5.84.